The normalized spacial score (nSPS) is 10.8. The van der Waals surface area contributed by atoms with E-state index in [1.807, 2.05) is 31.2 Å². The SMILES string of the molecule is CCn1c(=O)n(CCC(=O)OCc2cc([N+](=O)[O-])ccc2OC)c2ccccc21. The number of rotatable bonds is 8. The van der Waals surface area contributed by atoms with Gasteiger partial charge >= 0.3 is 11.7 Å². The summed E-state index contributed by atoms with van der Waals surface area (Å²) in [6.07, 6.45) is -0.00509. The third-order valence-electron chi connectivity index (χ3n) is 4.64. The molecule has 9 heteroatoms. The zero-order valence-corrected chi connectivity index (χ0v) is 16.2. The van der Waals surface area contributed by atoms with Crippen LogP contribution in [0.3, 0.4) is 0 Å². The molecule has 3 aromatic rings. The van der Waals surface area contributed by atoms with Gasteiger partial charge < -0.3 is 9.47 Å². The first-order valence-electron chi connectivity index (χ1n) is 9.11. The number of carbonyl (C=O) groups is 1. The van der Waals surface area contributed by atoms with Crippen molar-refractivity contribution in [2.75, 3.05) is 7.11 Å². The number of methoxy groups -OCH3 is 1. The summed E-state index contributed by atoms with van der Waals surface area (Å²) in [6.45, 7) is 2.44. The molecule has 0 atom stereocenters. The van der Waals surface area contributed by atoms with Gasteiger partial charge in [0, 0.05) is 30.8 Å². The van der Waals surface area contributed by atoms with E-state index >= 15 is 0 Å². The minimum absolute atomic E-state index is 0.00509. The topological polar surface area (TPSA) is 106 Å². The van der Waals surface area contributed by atoms with E-state index in [0.717, 1.165) is 11.0 Å². The summed E-state index contributed by atoms with van der Waals surface area (Å²) in [4.78, 5) is 35.2. The fraction of sp³-hybridized carbons (Fsp3) is 0.300. The highest BCUT2D eigenvalue weighted by Gasteiger charge is 2.15. The summed E-state index contributed by atoms with van der Waals surface area (Å²) in [5.41, 5.74) is 1.68. The molecule has 29 heavy (non-hydrogen) atoms. The van der Waals surface area contributed by atoms with Gasteiger partial charge in [0.05, 0.1) is 29.5 Å². The molecule has 0 bridgehead atoms. The first-order valence-corrected chi connectivity index (χ1v) is 9.11. The number of para-hydroxylation sites is 2. The van der Waals surface area contributed by atoms with E-state index in [2.05, 4.69) is 0 Å². The van der Waals surface area contributed by atoms with Gasteiger partial charge in [-0.05, 0) is 25.1 Å². The molecule has 0 aliphatic heterocycles. The smallest absolute Gasteiger partial charge is 0.329 e. The van der Waals surface area contributed by atoms with Gasteiger partial charge in [-0.2, -0.15) is 0 Å². The summed E-state index contributed by atoms with van der Waals surface area (Å²) in [7, 11) is 1.43. The first kappa shape index (κ1) is 20.1. The lowest BCUT2D eigenvalue weighted by atomic mass is 10.2. The van der Waals surface area contributed by atoms with Crippen LogP contribution in [0.1, 0.15) is 18.9 Å². The monoisotopic (exact) mass is 399 g/mol. The number of ether oxygens (including phenoxy) is 2. The number of nitro groups is 1. The summed E-state index contributed by atoms with van der Waals surface area (Å²) in [5.74, 6) is -0.121. The predicted molar refractivity (Wildman–Crippen MR) is 106 cm³/mol. The number of imidazole rings is 1. The number of aryl methyl sites for hydroxylation is 2. The van der Waals surface area contributed by atoms with Crippen molar-refractivity contribution in [3.05, 3.63) is 68.6 Å². The van der Waals surface area contributed by atoms with Crippen LogP contribution in [-0.2, 0) is 29.2 Å². The Labute approximate surface area is 166 Å². The van der Waals surface area contributed by atoms with Crippen LogP contribution >= 0.6 is 0 Å². The molecule has 0 saturated carbocycles. The Bertz CT molecular complexity index is 1120. The molecule has 0 aliphatic rings. The average Bonchev–Trinajstić information content (AvgIpc) is 3.00. The Hall–Kier alpha value is -3.62. The van der Waals surface area contributed by atoms with Gasteiger partial charge in [0.1, 0.15) is 12.4 Å². The fourth-order valence-electron chi connectivity index (χ4n) is 3.22. The van der Waals surface area contributed by atoms with Gasteiger partial charge in [-0.1, -0.05) is 12.1 Å². The highest BCUT2D eigenvalue weighted by Crippen LogP contribution is 2.24. The minimum atomic E-state index is -0.527. The maximum atomic E-state index is 12.6. The van der Waals surface area contributed by atoms with E-state index in [0.29, 0.717) is 17.9 Å². The molecule has 0 saturated heterocycles. The number of esters is 1. The number of aromatic nitrogens is 2. The summed E-state index contributed by atoms with van der Waals surface area (Å²) in [6, 6.07) is 11.5. The Morgan fingerprint density at radius 3 is 2.45 bits per heavy atom. The number of carbonyl (C=O) groups excluding carboxylic acids is 1. The second-order valence-corrected chi connectivity index (χ2v) is 6.33. The average molecular weight is 399 g/mol. The Kier molecular flexibility index (Phi) is 5.96. The van der Waals surface area contributed by atoms with Crippen LogP contribution in [0.15, 0.2) is 47.3 Å². The number of nitrogens with zero attached hydrogens (tertiary/aromatic N) is 3. The van der Waals surface area contributed by atoms with Crippen LogP contribution in [0.5, 0.6) is 5.75 Å². The van der Waals surface area contributed by atoms with Crippen LogP contribution < -0.4 is 10.4 Å². The number of fused-ring (bicyclic) bond motifs is 1. The van der Waals surface area contributed by atoms with Crippen LogP contribution in [0.2, 0.25) is 0 Å². The number of nitro benzene ring substituents is 1. The molecule has 0 amide bonds. The van der Waals surface area contributed by atoms with Crippen molar-refractivity contribution in [3.63, 3.8) is 0 Å². The Morgan fingerprint density at radius 2 is 1.83 bits per heavy atom. The summed E-state index contributed by atoms with van der Waals surface area (Å²) >= 11 is 0. The zero-order chi connectivity index (χ0) is 21.0. The molecular weight excluding hydrogens is 378 g/mol. The molecule has 2 aromatic carbocycles. The third-order valence-corrected chi connectivity index (χ3v) is 4.64. The number of non-ortho nitro benzene ring substituents is 1. The van der Waals surface area contributed by atoms with Gasteiger partial charge in [-0.15, -0.1) is 0 Å². The highest BCUT2D eigenvalue weighted by atomic mass is 16.6. The maximum absolute atomic E-state index is 12.6. The lowest BCUT2D eigenvalue weighted by Gasteiger charge is -2.09. The molecular formula is C20H21N3O6. The Morgan fingerprint density at radius 1 is 1.14 bits per heavy atom. The number of benzene rings is 2. The van der Waals surface area contributed by atoms with Crippen LogP contribution in [0.25, 0.3) is 11.0 Å². The largest absolute Gasteiger partial charge is 0.496 e. The van der Waals surface area contributed by atoms with Crippen LogP contribution in [0.4, 0.5) is 5.69 Å². The molecule has 0 N–H and O–H groups in total. The van der Waals surface area contributed by atoms with Crippen LogP contribution in [-0.4, -0.2) is 27.1 Å². The van der Waals surface area contributed by atoms with Crippen molar-refractivity contribution in [1.82, 2.24) is 9.13 Å². The lowest BCUT2D eigenvalue weighted by molar-refractivity contribution is -0.385. The third kappa shape index (κ3) is 4.13. The molecule has 0 unspecified atom stereocenters. The van der Waals surface area contributed by atoms with Gasteiger partial charge in [-0.3, -0.25) is 24.0 Å². The fourth-order valence-corrected chi connectivity index (χ4v) is 3.22. The van der Waals surface area contributed by atoms with E-state index in [-0.39, 0.29) is 30.9 Å². The second-order valence-electron chi connectivity index (χ2n) is 6.33. The van der Waals surface area contributed by atoms with E-state index < -0.39 is 10.9 Å². The molecule has 0 spiro atoms. The maximum Gasteiger partial charge on any atom is 0.329 e. The van der Waals surface area contributed by atoms with Crippen molar-refractivity contribution in [3.8, 4) is 5.75 Å². The van der Waals surface area contributed by atoms with Crippen molar-refractivity contribution < 1.29 is 19.2 Å². The van der Waals surface area contributed by atoms with Crippen LogP contribution in [0, 0.1) is 10.1 Å². The lowest BCUT2D eigenvalue weighted by Crippen LogP contribution is -2.25. The van der Waals surface area contributed by atoms with E-state index in [1.165, 1.54) is 25.3 Å². The number of hydrogen-bond acceptors (Lipinski definition) is 6. The summed E-state index contributed by atoms with van der Waals surface area (Å²) in [5, 5.41) is 10.9. The van der Waals surface area contributed by atoms with Gasteiger partial charge in [-0.25, -0.2) is 4.79 Å². The van der Waals surface area contributed by atoms with E-state index in [9.17, 15) is 19.7 Å². The zero-order valence-electron chi connectivity index (χ0n) is 16.2. The minimum Gasteiger partial charge on any atom is -0.496 e. The molecule has 152 valence electrons. The van der Waals surface area contributed by atoms with Crippen molar-refractivity contribution in [2.45, 2.75) is 33.0 Å². The van der Waals surface area contributed by atoms with Gasteiger partial charge in [0.15, 0.2) is 0 Å². The molecule has 0 aliphatic carbocycles. The number of hydrogen-bond donors (Lipinski definition) is 0. The predicted octanol–water partition coefficient (Wildman–Crippen LogP) is 2.87. The molecule has 0 fully saturated rings. The van der Waals surface area contributed by atoms with Crippen molar-refractivity contribution in [1.29, 1.82) is 0 Å². The van der Waals surface area contributed by atoms with Gasteiger partial charge in [0.2, 0.25) is 0 Å². The van der Waals surface area contributed by atoms with E-state index in [1.54, 1.807) is 9.13 Å². The molecule has 1 aromatic heterocycles. The van der Waals surface area contributed by atoms with Gasteiger partial charge in [0.25, 0.3) is 5.69 Å². The Balaban J connectivity index is 1.70. The molecule has 9 nitrogen and oxygen atoms in total. The second kappa shape index (κ2) is 8.59. The van der Waals surface area contributed by atoms with Crippen molar-refractivity contribution >= 4 is 22.7 Å². The summed E-state index contributed by atoms with van der Waals surface area (Å²) < 4.78 is 13.6. The van der Waals surface area contributed by atoms with Crippen molar-refractivity contribution in [2.24, 2.45) is 0 Å². The first-order chi connectivity index (χ1) is 14.0. The molecule has 1 heterocycles. The molecule has 0 radical (unpaired) electrons. The molecule has 3 rings (SSSR count). The quantitative estimate of drug-likeness (QED) is 0.328. The highest BCUT2D eigenvalue weighted by molar-refractivity contribution is 5.76. The van der Waals surface area contributed by atoms with E-state index in [4.69, 9.17) is 9.47 Å². The standard InChI is InChI=1S/C20H21N3O6/c1-3-21-16-6-4-5-7-17(16)22(20(21)25)11-10-19(24)29-13-14-12-15(23(26)27)8-9-18(14)28-2/h4-9,12H,3,10-11,13H2,1-2H3.